The second-order valence-corrected chi connectivity index (χ2v) is 4.54. The molecule has 0 amide bonds. The van der Waals surface area contributed by atoms with Crippen molar-refractivity contribution >= 4 is 39.1 Å². The van der Waals surface area contributed by atoms with Crippen molar-refractivity contribution in [3.63, 3.8) is 0 Å². The largest absolute Gasteiger partial charge is 0.357 e. The zero-order chi connectivity index (χ0) is 14.7. The number of aromatic nitrogens is 2. The van der Waals surface area contributed by atoms with Gasteiger partial charge in [-0.25, -0.2) is 9.37 Å². The first kappa shape index (κ1) is 14.1. The van der Waals surface area contributed by atoms with Crippen molar-refractivity contribution in [3.8, 4) is 0 Å². The molecule has 0 saturated carbocycles. The Hall–Kier alpha value is -2.29. The average molecular weight is 342 g/mol. The predicted molar refractivity (Wildman–Crippen MR) is 75.6 cm³/mol. The molecule has 0 aliphatic rings. The van der Waals surface area contributed by atoms with Gasteiger partial charge in [-0.3, -0.25) is 10.1 Å². The van der Waals surface area contributed by atoms with Gasteiger partial charge in [-0.1, -0.05) is 0 Å². The lowest BCUT2D eigenvalue weighted by Crippen LogP contribution is -2.04. The first-order chi connectivity index (χ1) is 9.51. The molecule has 0 spiro atoms. The van der Waals surface area contributed by atoms with Crippen LogP contribution in [-0.4, -0.2) is 21.9 Å². The van der Waals surface area contributed by atoms with Gasteiger partial charge in [-0.05, 0) is 34.1 Å². The molecule has 0 aliphatic carbocycles. The summed E-state index contributed by atoms with van der Waals surface area (Å²) in [6.07, 6.45) is 1.08. The second kappa shape index (κ2) is 5.78. The summed E-state index contributed by atoms with van der Waals surface area (Å²) in [6, 6.07) is 3.96. The number of benzene rings is 1. The smallest absolute Gasteiger partial charge is 0.329 e. The molecule has 7 nitrogen and oxygen atoms in total. The predicted octanol–water partition coefficient (Wildman–Crippen LogP) is 3.07. The SMILES string of the molecule is CNc1ncc([N+](=O)[O-])c(Nc2cc(F)ccc2Br)n1. The van der Waals surface area contributed by atoms with Crippen molar-refractivity contribution in [1.82, 2.24) is 9.97 Å². The Labute approximate surface area is 121 Å². The van der Waals surface area contributed by atoms with E-state index in [1.54, 1.807) is 7.05 Å². The molecule has 2 rings (SSSR count). The van der Waals surface area contributed by atoms with Crippen molar-refractivity contribution in [2.75, 3.05) is 17.7 Å². The lowest BCUT2D eigenvalue weighted by atomic mass is 10.3. The van der Waals surface area contributed by atoms with Gasteiger partial charge in [0.2, 0.25) is 11.8 Å². The zero-order valence-electron chi connectivity index (χ0n) is 10.2. The van der Waals surface area contributed by atoms with Crippen LogP contribution >= 0.6 is 15.9 Å². The number of rotatable bonds is 4. The number of halogens is 2. The molecule has 104 valence electrons. The van der Waals surface area contributed by atoms with Gasteiger partial charge in [-0.2, -0.15) is 4.98 Å². The highest BCUT2D eigenvalue weighted by molar-refractivity contribution is 9.10. The van der Waals surface area contributed by atoms with Crippen molar-refractivity contribution in [3.05, 3.63) is 44.8 Å². The molecular weight excluding hydrogens is 333 g/mol. The Morgan fingerprint density at radius 2 is 2.20 bits per heavy atom. The Balaban J connectivity index is 2.45. The van der Waals surface area contributed by atoms with E-state index < -0.39 is 10.7 Å². The van der Waals surface area contributed by atoms with Crippen LogP contribution in [0, 0.1) is 15.9 Å². The summed E-state index contributed by atoms with van der Waals surface area (Å²) >= 11 is 3.23. The van der Waals surface area contributed by atoms with Crippen molar-refractivity contribution < 1.29 is 9.31 Å². The maximum absolute atomic E-state index is 13.2. The Bertz CT molecular complexity index is 667. The summed E-state index contributed by atoms with van der Waals surface area (Å²) in [6.45, 7) is 0. The van der Waals surface area contributed by atoms with Crippen LogP contribution in [0.25, 0.3) is 0 Å². The van der Waals surface area contributed by atoms with Crippen LogP contribution in [0.15, 0.2) is 28.9 Å². The quantitative estimate of drug-likeness (QED) is 0.655. The summed E-state index contributed by atoms with van der Waals surface area (Å²) < 4.78 is 13.8. The number of nitrogens with zero attached hydrogens (tertiary/aromatic N) is 3. The van der Waals surface area contributed by atoms with Crippen LogP contribution < -0.4 is 10.6 Å². The molecule has 0 saturated heterocycles. The summed E-state index contributed by atoms with van der Waals surface area (Å²) in [5.41, 5.74) is 0.0222. The molecule has 2 N–H and O–H groups in total. The van der Waals surface area contributed by atoms with E-state index in [0.717, 1.165) is 6.20 Å². The summed E-state index contributed by atoms with van der Waals surface area (Å²) in [5, 5.41) is 16.3. The number of anilines is 3. The van der Waals surface area contributed by atoms with Gasteiger partial charge in [0.25, 0.3) is 0 Å². The van der Waals surface area contributed by atoms with Crippen LogP contribution in [0.3, 0.4) is 0 Å². The van der Waals surface area contributed by atoms with Gasteiger partial charge >= 0.3 is 5.69 Å². The average Bonchev–Trinajstić information content (AvgIpc) is 2.42. The lowest BCUT2D eigenvalue weighted by molar-refractivity contribution is -0.384. The third-order valence-electron chi connectivity index (χ3n) is 2.37. The van der Waals surface area contributed by atoms with Crippen molar-refractivity contribution in [1.29, 1.82) is 0 Å². The van der Waals surface area contributed by atoms with Gasteiger partial charge in [0.15, 0.2) is 0 Å². The molecule has 1 aromatic heterocycles. The lowest BCUT2D eigenvalue weighted by Gasteiger charge is -2.09. The highest BCUT2D eigenvalue weighted by atomic mass is 79.9. The zero-order valence-corrected chi connectivity index (χ0v) is 11.8. The summed E-state index contributed by atoms with van der Waals surface area (Å²) in [5.74, 6) is -0.285. The van der Waals surface area contributed by atoms with Gasteiger partial charge in [0, 0.05) is 11.5 Å². The normalized spacial score (nSPS) is 10.2. The first-order valence-corrected chi connectivity index (χ1v) is 6.22. The molecule has 0 bridgehead atoms. The Kier molecular flexibility index (Phi) is 4.08. The van der Waals surface area contributed by atoms with Gasteiger partial charge in [0.05, 0.1) is 10.6 Å². The van der Waals surface area contributed by atoms with E-state index in [1.165, 1.54) is 18.2 Å². The minimum Gasteiger partial charge on any atom is -0.357 e. The van der Waals surface area contributed by atoms with E-state index in [9.17, 15) is 14.5 Å². The molecular formula is C11H9BrFN5O2. The first-order valence-electron chi connectivity index (χ1n) is 5.42. The topological polar surface area (TPSA) is 93.0 Å². The fourth-order valence-electron chi connectivity index (χ4n) is 1.44. The van der Waals surface area contributed by atoms with E-state index in [4.69, 9.17) is 0 Å². The van der Waals surface area contributed by atoms with Crippen molar-refractivity contribution in [2.24, 2.45) is 0 Å². The van der Waals surface area contributed by atoms with E-state index in [0.29, 0.717) is 10.2 Å². The van der Waals surface area contributed by atoms with Gasteiger partial charge in [0.1, 0.15) is 12.0 Å². The standard InChI is InChI=1S/C11H9BrFN5O2/c1-14-11-15-5-9(18(19)20)10(17-11)16-8-4-6(13)2-3-7(8)12/h2-5H,1H3,(H2,14,15,16,17). The maximum Gasteiger partial charge on any atom is 0.329 e. The fourth-order valence-corrected chi connectivity index (χ4v) is 1.79. The molecule has 2 aromatic rings. The van der Waals surface area contributed by atoms with Crippen LogP contribution in [0.5, 0.6) is 0 Å². The minimum atomic E-state index is -0.616. The summed E-state index contributed by atoms with van der Waals surface area (Å²) in [4.78, 5) is 18.1. The third-order valence-corrected chi connectivity index (χ3v) is 3.06. The monoisotopic (exact) mass is 341 g/mol. The number of nitrogens with one attached hydrogen (secondary N) is 2. The molecule has 1 aromatic carbocycles. The fraction of sp³-hybridized carbons (Fsp3) is 0.0909. The van der Waals surface area contributed by atoms with Gasteiger partial charge in [-0.15, -0.1) is 0 Å². The Morgan fingerprint density at radius 1 is 1.45 bits per heavy atom. The molecule has 0 unspecified atom stereocenters. The highest BCUT2D eigenvalue weighted by Crippen LogP contribution is 2.30. The van der Waals surface area contributed by atoms with Crippen LogP contribution in [0.4, 0.5) is 27.5 Å². The van der Waals surface area contributed by atoms with Crippen LogP contribution in [0.1, 0.15) is 0 Å². The minimum absolute atomic E-state index is 0.0272. The summed E-state index contributed by atoms with van der Waals surface area (Å²) in [7, 11) is 1.59. The third kappa shape index (κ3) is 2.99. The van der Waals surface area contributed by atoms with Crippen molar-refractivity contribution in [2.45, 2.75) is 0 Å². The molecule has 20 heavy (non-hydrogen) atoms. The molecule has 0 aliphatic heterocycles. The highest BCUT2D eigenvalue weighted by Gasteiger charge is 2.18. The Morgan fingerprint density at radius 3 is 2.85 bits per heavy atom. The van der Waals surface area contributed by atoms with Gasteiger partial charge < -0.3 is 10.6 Å². The molecule has 1 heterocycles. The molecule has 9 heteroatoms. The van der Waals surface area contributed by atoms with Crippen LogP contribution in [0.2, 0.25) is 0 Å². The van der Waals surface area contributed by atoms with Crippen LogP contribution in [-0.2, 0) is 0 Å². The number of hydrogen-bond donors (Lipinski definition) is 2. The molecule has 0 atom stereocenters. The molecule has 0 radical (unpaired) electrons. The van der Waals surface area contributed by atoms with E-state index in [-0.39, 0.29) is 17.5 Å². The number of hydrogen-bond acceptors (Lipinski definition) is 6. The molecule has 0 fully saturated rings. The second-order valence-electron chi connectivity index (χ2n) is 3.68. The number of nitro groups is 1. The maximum atomic E-state index is 13.2. The van der Waals surface area contributed by atoms with E-state index in [1.807, 2.05) is 0 Å². The van der Waals surface area contributed by atoms with E-state index >= 15 is 0 Å². The van der Waals surface area contributed by atoms with E-state index in [2.05, 4.69) is 36.5 Å².